The highest BCUT2D eigenvalue weighted by atomic mass is 16.5. The van der Waals surface area contributed by atoms with Gasteiger partial charge in [0.1, 0.15) is 11.5 Å². The van der Waals surface area contributed by atoms with E-state index in [9.17, 15) is 0 Å². The van der Waals surface area contributed by atoms with E-state index in [0.717, 1.165) is 35.7 Å². The lowest BCUT2D eigenvalue weighted by molar-refractivity contribution is 0.392. The van der Waals surface area contributed by atoms with Crippen molar-refractivity contribution in [1.29, 1.82) is 0 Å². The molecular formula is C15H22N4O2. The Kier molecular flexibility index (Phi) is 5.16. The molecule has 0 radical (unpaired) electrons. The second-order valence-electron chi connectivity index (χ2n) is 4.78. The Morgan fingerprint density at radius 1 is 1.29 bits per heavy atom. The van der Waals surface area contributed by atoms with E-state index < -0.39 is 0 Å². The zero-order valence-corrected chi connectivity index (χ0v) is 13.0. The number of aryl methyl sites for hydroxylation is 1. The first-order valence-electron chi connectivity index (χ1n) is 7.01. The van der Waals surface area contributed by atoms with Crippen molar-refractivity contribution in [2.45, 2.75) is 19.4 Å². The van der Waals surface area contributed by atoms with Gasteiger partial charge in [-0.15, -0.1) is 5.10 Å². The van der Waals surface area contributed by atoms with Gasteiger partial charge >= 0.3 is 0 Å². The van der Waals surface area contributed by atoms with Gasteiger partial charge in [0.05, 0.1) is 32.2 Å². The van der Waals surface area contributed by atoms with Crippen LogP contribution in [0, 0.1) is 0 Å². The van der Waals surface area contributed by atoms with Crippen molar-refractivity contribution in [3.05, 3.63) is 35.7 Å². The van der Waals surface area contributed by atoms with Crippen LogP contribution in [0.1, 0.15) is 30.6 Å². The SMILES string of the molecule is CCCNC(c1cc(OC)ccc1OC)c1cnnn1C. The second-order valence-corrected chi connectivity index (χ2v) is 4.78. The number of ether oxygens (including phenoxy) is 2. The first kappa shape index (κ1) is 15.3. The molecule has 6 nitrogen and oxygen atoms in total. The molecule has 2 rings (SSSR count). The number of nitrogens with one attached hydrogen (secondary N) is 1. The molecule has 1 heterocycles. The summed E-state index contributed by atoms with van der Waals surface area (Å²) in [6.45, 7) is 3.02. The third-order valence-electron chi connectivity index (χ3n) is 3.39. The molecule has 0 fully saturated rings. The molecule has 0 aliphatic rings. The van der Waals surface area contributed by atoms with Crippen LogP contribution in [0.15, 0.2) is 24.4 Å². The Labute approximate surface area is 125 Å². The van der Waals surface area contributed by atoms with Crippen molar-refractivity contribution in [2.24, 2.45) is 7.05 Å². The molecule has 6 heteroatoms. The number of methoxy groups -OCH3 is 2. The molecular weight excluding hydrogens is 268 g/mol. The molecule has 0 saturated heterocycles. The van der Waals surface area contributed by atoms with Gasteiger partial charge < -0.3 is 14.8 Å². The number of hydrogen-bond acceptors (Lipinski definition) is 5. The summed E-state index contributed by atoms with van der Waals surface area (Å²) >= 11 is 0. The minimum Gasteiger partial charge on any atom is -0.497 e. The molecule has 0 aliphatic carbocycles. The van der Waals surface area contributed by atoms with Crippen molar-refractivity contribution in [3.8, 4) is 11.5 Å². The Morgan fingerprint density at radius 2 is 2.10 bits per heavy atom. The van der Waals surface area contributed by atoms with Crippen LogP contribution in [0.3, 0.4) is 0 Å². The van der Waals surface area contributed by atoms with Gasteiger partial charge in [0, 0.05) is 12.6 Å². The molecule has 114 valence electrons. The van der Waals surface area contributed by atoms with E-state index in [1.54, 1.807) is 25.1 Å². The van der Waals surface area contributed by atoms with E-state index in [-0.39, 0.29) is 6.04 Å². The third kappa shape index (κ3) is 3.33. The fourth-order valence-electron chi connectivity index (χ4n) is 2.29. The number of rotatable bonds is 7. The van der Waals surface area contributed by atoms with E-state index in [2.05, 4.69) is 22.6 Å². The Hall–Kier alpha value is -2.08. The molecule has 21 heavy (non-hydrogen) atoms. The van der Waals surface area contributed by atoms with E-state index in [4.69, 9.17) is 9.47 Å². The predicted molar refractivity (Wildman–Crippen MR) is 80.7 cm³/mol. The summed E-state index contributed by atoms with van der Waals surface area (Å²) in [6.07, 6.45) is 2.81. The minimum absolute atomic E-state index is 0.0463. The zero-order valence-electron chi connectivity index (χ0n) is 13.0. The van der Waals surface area contributed by atoms with Crippen LogP contribution in [0.25, 0.3) is 0 Å². The average molecular weight is 290 g/mol. The fourth-order valence-corrected chi connectivity index (χ4v) is 2.29. The van der Waals surface area contributed by atoms with Crippen LogP contribution < -0.4 is 14.8 Å². The van der Waals surface area contributed by atoms with Gasteiger partial charge in [-0.25, -0.2) is 0 Å². The van der Waals surface area contributed by atoms with Gasteiger partial charge in [-0.2, -0.15) is 0 Å². The maximum atomic E-state index is 5.50. The number of hydrogen-bond donors (Lipinski definition) is 1. The Bertz CT molecular complexity index is 583. The van der Waals surface area contributed by atoms with Gasteiger partial charge in [-0.3, -0.25) is 4.68 Å². The average Bonchev–Trinajstić information content (AvgIpc) is 2.93. The Balaban J connectivity index is 2.47. The molecule has 2 aromatic rings. The lowest BCUT2D eigenvalue weighted by atomic mass is 10.0. The number of benzene rings is 1. The largest absolute Gasteiger partial charge is 0.497 e. The summed E-state index contributed by atoms with van der Waals surface area (Å²) < 4.78 is 12.6. The smallest absolute Gasteiger partial charge is 0.124 e. The minimum atomic E-state index is -0.0463. The molecule has 0 amide bonds. The topological polar surface area (TPSA) is 61.2 Å². The van der Waals surface area contributed by atoms with Gasteiger partial charge in [-0.1, -0.05) is 12.1 Å². The van der Waals surface area contributed by atoms with Crippen LogP contribution in [-0.4, -0.2) is 35.8 Å². The van der Waals surface area contributed by atoms with Gasteiger partial charge in [0.25, 0.3) is 0 Å². The van der Waals surface area contributed by atoms with E-state index in [1.165, 1.54) is 0 Å². The molecule has 1 aromatic heterocycles. The maximum Gasteiger partial charge on any atom is 0.124 e. The first-order chi connectivity index (χ1) is 10.2. The Morgan fingerprint density at radius 3 is 2.67 bits per heavy atom. The van der Waals surface area contributed by atoms with Crippen molar-refractivity contribution >= 4 is 0 Å². The molecule has 1 N–H and O–H groups in total. The zero-order chi connectivity index (χ0) is 15.2. The monoisotopic (exact) mass is 290 g/mol. The highest BCUT2D eigenvalue weighted by Crippen LogP contribution is 2.32. The van der Waals surface area contributed by atoms with Crippen LogP contribution in [-0.2, 0) is 7.05 Å². The van der Waals surface area contributed by atoms with Crippen molar-refractivity contribution in [2.75, 3.05) is 20.8 Å². The summed E-state index contributed by atoms with van der Waals surface area (Å²) in [5.74, 6) is 1.61. The van der Waals surface area contributed by atoms with Crippen molar-refractivity contribution in [3.63, 3.8) is 0 Å². The van der Waals surface area contributed by atoms with Crippen LogP contribution >= 0.6 is 0 Å². The fraction of sp³-hybridized carbons (Fsp3) is 0.467. The molecule has 1 aromatic carbocycles. The summed E-state index contributed by atoms with van der Waals surface area (Å²) in [5.41, 5.74) is 1.99. The highest BCUT2D eigenvalue weighted by Gasteiger charge is 2.21. The lowest BCUT2D eigenvalue weighted by Crippen LogP contribution is -2.25. The van der Waals surface area contributed by atoms with Crippen LogP contribution in [0.5, 0.6) is 11.5 Å². The van der Waals surface area contributed by atoms with E-state index in [1.807, 2.05) is 25.2 Å². The maximum absolute atomic E-state index is 5.50. The van der Waals surface area contributed by atoms with Crippen LogP contribution in [0.2, 0.25) is 0 Å². The molecule has 0 saturated carbocycles. The van der Waals surface area contributed by atoms with Gasteiger partial charge in [-0.05, 0) is 31.2 Å². The highest BCUT2D eigenvalue weighted by molar-refractivity contribution is 5.44. The molecule has 0 spiro atoms. The standard InChI is InChI=1S/C15H22N4O2/c1-5-8-16-15(13-10-17-18-19(13)2)12-9-11(20-3)6-7-14(12)21-4/h6-7,9-10,15-16H,5,8H2,1-4H3. The van der Waals surface area contributed by atoms with E-state index in [0.29, 0.717) is 0 Å². The second kappa shape index (κ2) is 7.08. The number of aromatic nitrogens is 3. The third-order valence-corrected chi connectivity index (χ3v) is 3.39. The summed E-state index contributed by atoms with van der Waals surface area (Å²) in [7, 11) is 5.21. The van der Waals surface area contributed by atoms with Crippen LogP contribution in [0.4, 0.5) is 0 Å². The van der Waals surface area contributed by atoms with Gasteiger partial charge in [0.2, 0.25) is 0 Å². The van der Waals surface area contributed by atoms with Crippen molar-refractivity contribution in [1.82, 2.24) is 20.3 Å². The lowest BCUT2D eigenvalue weighted by Gasteiger charge is -2.21. The predicted octanol–water partition coefficient (Wildman–Crippen LogP) is 1.92. The molecule has 1 atom stereocenters. The molecule has 0 aliphatic heterocycles. The number of nitrogens with zero attached hydrogens (tertiary/aromatic N) is 3. The summed E-state index contributed by atoms with van der Waals surface area (Å²) in [6, 6.07) is 5.74. The van der Waals surface area contributed by atoms with Crippen molar-refractivity contribution < 1.29 is 9.47 Å². The summed E-state index contributed by atoms with van der Waals surface area (Å²) in [4.78, 5) is 0. The molecule has 1 unspecified atom stereocenters. The first-order valence-corrected chi connectivity index (χ1v) is 7.01. The quantitative estimate of drug-likeness (QED) is 0.844. The summed E-state index contributed by atoms with van der Waals surface area (Å²) in [5, 5.41) is 11.5. The molecule has 0 bridgehead atoms. The van der Waals surface area contributed by atoms with Gasteiger partial charge in [0.15, 0.2) is 0 Å². The normalized spacial score (nSPS) is 12.2. The van der Waals surface area contributed by atoms with E-state index >= 15 is 0 Å².